The summed E-state index contributed by atoms with van der Waals surface area (Å²) < 4.78 is 5.46. The molecular formula is C14H22O2. The first-order chi connectivity index (χ1) is 7.52. The van der Waals surface area contributed by atoms with Gasteiger partial charge in [0.1, 0.15) is 5.75 Å². The summed E-state index contributed by atoms with van der Waals surface area (Å²) in [6.45, 7) is 8.56. The van der Waals surface area contributed by atoms with Crippen molar-refractivity contribution in [2.45, 2.75) is 46.1 Å². The molecule has 0 heterocycles. The van der Waals surface area contributed by atoms with Gasteiger partial charge in [-0.25, -0.2) is 0 Å². The Balaban J connectivity index is 3.40. The molecule has 0 spiro atoms. The van der Waals surface area contributed by atoms with Crippen molar-refractivity contribution in [3.63, 3.8) is 0 Å². The van der Waals surface area contributed by atoms with Crippen molar-refractivity contribution in [2.75, 3.05) is 7.11 Å². The molecule has 2 heteroatoms. The second kappa shape index (κ2) is 5.35. The normalized spacial score (nSPS) is 11.2. The van der Waals surface area contributed by atoms with Gasteiger partial charge in [0.25, 0.3) is 0 Å². The van der Waals surface area contributed by atoms with Crippen LogP contribution in [0.2, 0.25) is 0 Å². The predicted molar refractivity (Wildman–Crippen MR) is 67.1 cm³/mol. The summed E-state index contributed by atoms with van der Waals surface area (Å²) >= 11 is 0. The third-order valence-corrected chi connectivity index (χ3v) is 2.93. The van der Waals surface area contributed by atoms with E-state index in [1.165, 1.54) is 5.56 Å². The van der Waals surface area contributed by atoms with Crippen LogP contribution in [0.4, 0.5) is 0 Å². The van der Waals surface area contributed by atoms with Crippen molar-refractivity contribution in [3.8, 4) is 5.75 Å². The van der Waals surface area contributed by atoms with Crippen molar-refractivity contribution < 1.29 is 9.84 Å². The lowest BCUT2D eigenvalue weighted by atomic mass is 9.91. The van der Waals surface area contributed by atoms with Crippen molar-refractivity contribution >= 4 is 0 Å². The number of rotatable bonds is 4. The largest absolute Gasteiger partial charge is 0.496 e. The molecule has 1 aromatic rings. The van der Waals surface area contributed by atoms with Crippen LogP contribution in [0.1, 0.15) is 56.2 Å². The van der Waals surface area contributed by atoms with Gasteiger partial charge in [-0.2, -0.15) is 0 Å². The maximum Gasteiger partial charge on any atom is 0.128 e. The smallest absolute Gasteiger partial charge is 0.128 e. The van der Waals surface area contributed by atoms with E-state index in [2.05, 4.69) is 39.8 Å². The van der Waals surface area contributed by atoms with Crippen LogP contribution >= 0.6 is 0 Å². The number of benzene rings is 1. The van der Waals surface area contributed by atoms with Gasteiger partial charge in [0.05, 0.1) is 13.7 Å². The molecule has 2 nitrogen and oxygen atoms in total. The van der Waals surface area contributed by atoms with Crippen molar-refractivity contribution in [3.05, 3.63) is 28.8 Å². The lowest BCUT2D eigenvalue weighted by molar-refractivity contribution is 0.271. The molecule has 0 bridgehead atoms. The Bertz CT molecular complexity index is 319. The fraction of sp³-hybridized carbons (Fsp3) is 0.571. The van der Waals surface area contributed by atoms with E-state index >= 15 is 0 Å². The molecule has 1 aromatic carbocycles. The molecule has 0 radical (unpaired) electrons. The first-order valence-electron chi connectivity index (χ1n) is 5.83. The predicted octanol–water partition coefficient (Wildman–Crippen LogP) is 3.43. The van der Waals surface area contributed by atoms with Crippen LogP contribution in [0.25, 0.3) is 0 Å². The fourth-order valence-electron chi connectivity index (χ4n) is 2.06. The lowest BCUT2D eigenvalue weighted by Crippen LogP contribution is -2.04. The average Bonchev–Trinajstić information content (AvgIpc) is 2.26. The highest BCUT2D eigenvalue weighted by Gasteiger charge is 2.16. The van der Waals surface area contributed by atoms with E-state index in [0.717, 1.165) is 16.9 Å². The summed E-state index contributed by atoms with van der Waals surface area (Å²) in [5, 5.41) is 9.51. The van der Waals surface area contributed by atoms with Gasteiger partial charge >= 0.3 is 0 Å². The first kappa shape index (κ1) is 13.0. The SMILES string of the molecule is COc1c(C(C)C)ccc(C(C)C)c1CO. The molecule has 0 fully saturated rings. The molecule has 0 saturated carbocycles. The Labute approximate surface area is 98.3 Å². The number of ether oxygens (including phenoxy) is 1. The molecule has 0 aromatic heterocycles. The van der Waals surface area contributed by atoms with Crippen LogP contribution in [0.15, 0.2) is 12.1 Å². The quantitative estimate of drug-likeness (QED) is 0.845. The summed E-state index contributed by atoms with van der Waals surface area (Å²) in [6, 6.07) is 4.21. The first-order valence-corrected chi connectivity index (χ1v) is 5.83. The number of aliphatic hydroxyl groups is 1. The second-order valence-electron chi connectivity index (χ2n) is 4.72. The number of hydrogen-bond donors (Lipinski definition) is 1. The highest BCUT2D eigenvalue weighted by atomic mass is 16.5. The zero-order chi connectivity index (χ0) is 12.3. The Morgan fingerprint density at radius 1 is 1.06 bits per heavy atom. The summed E-state index contributed by atoms with van der Waals surface area (Å²) in [6.07, 6.45) is 0. The van der Waals surface area contributed by atoms with E-state index in [1.54, 1.807) is 7.11 Å². The number of aliphatic hydroxyl groups excluding tert-OH is 1. The van der Waals surface area contributed by atoms with E-state index in [4.69, 9.17) is 4.74 Å². The third-order valence-electron chi connectivity index (χ3n) is 2.93. The molecule has 90 valence electrons. The summed E-state index contributed by atoms with van der Waals surface area (Å²) in [5.41, 5.74) is 3.27. The van der Waals surface area contributed by atoms with Gasteiger partial charge < -0.3 is 9.84 Å². The van der Waals surface area contributed by atoms with Crippen LogP contribution in [-0.2, 0) is 6.61 Å². The van der Waals surface area contributed by atoms with E-state index in [-0.39, 0.29) is 6.61 Å². The third kappa shape index (κ3) is 2.38. The Morgan fingerprint density at radius 2 is 1.56 bits per heavy atom. The fourth-order valence-corrected chi connectivity index (χ4v) is 2.06. The monoisotopic (exact) mass is 222 g/mol. The number of hydrogen-bond acceptors (Lipinski definition) is 2. The van der Waals surface area contributed by atoms with Gasteiger partial charge in [-0.05, 0) is 23.0 Å². The zero-order valence-electron chi connectivity index (χ0n) is 10.9. The van der Waals surface area contributed by atoms with Crippen molar-refractivity contribution in [1.29, 1.82) is 0 Å². The van der Waals surface area contributed by atoms with Crippen molar-refractivity contribution in [2.24, 2.45) is 0 Å². The molecule has 0 aliphatic carbocycles. The standard InChI is InChI=1S/C14H22O2/c1-9(2)11-6-7-12(10(3)4)14(16-5)13(11)8-15/h6-7,9-10,15H,8H2,1-5H3. The minimum absolute atomic E-state index is 0.0389. The summed E-state index contributed by atoms with van der Waals surface area (Å²) in [4.78, 5) is 0. The van der Waals surface area contributed by atoms with Crippen LogP contribution in [-0.4, -0.2) is 12.2 Å². The zero-order valence-corrected chi connectivity index (χ0v) is 10.9. The maximum atomic E-state index is 9.51. The second-order valence-corrected chi connectivity index (χ2v) is 4.72. The summed E-state index contributed by atoms with van der Waals surface area (Å²) in [7, 11) is 1.67. The Hall–Kier alpha value is -1.02. The minimum atomic E-state index is 0.0389. The molecule has 0 unspecified atom stereocenters. The van der Waals surface area contributed by atoms with Crippen LogP contribution in [0.5, 0.6) is 5.75 Å². The van der Waals surface area contributed by atoms with Gasteiger partial charge in [0, 0.05) is 5.56 Å². The van der Waals surface area contributed by atoms with E-state index in [1.807, 2.05) is 0 Å². The van der Waals surface area contributed by atoms with Crippen LogP contribution in [0.3, 0.4) is 0 Å². The molecule has 0 atom stereocenters. The Kier molecular flexibility index (Phi) is 4.36. The van der Waals surface area contributed by atoms with Gasteiger partial charge in [-0.3, -0.25) is 0 Å². The van der Waals surface area contributed by atoms with Gasteiger partial charge in [-0.1, -0.05) is 39.8 Å². The van der Waals surface area contributed by atoms with Gasteiger partial charge in [0.2, 0.25) is 0 Å². The van der Waals surface area contributed by atoms with Gasteiger partial charge in [-0.15, -0.1) is 0 Å². The minimum Gasteiger partial charge on any atom is -0.496 e. The highest BCUT2D eigenvalue weighted by Crippen LogP contribution is 2.35. The van der Waals surface area contributed by atoms with Gasteiger partial charge in [0.15, 0.2) is 0 Å². The number of methoxy groups -OCH3 is 1. The Morgan fingerprint density at radius 3 is 1.94 bits per heavy atom. The van der Waals surface area contributed by atoms with E-state index in [0.29, 0.717) is 11.8 Å². The molecule has 1 rings (SSSR count). The van der Waals surface area contributed by atoms with Crippen LogP contribution < -0.4 is 4.74 Å². The lowest BCUT2D eigenvalue weighted by Gasteiger charge is -2.20. The molecule has 0 aliphatic heterocycles. The van der Waals surface area contributed by atoms with E-state index in [9.17, 15) is 5.11 Å². The van der Waals surface area contributed by atoms with E-state index < -0.39 is 0 Å². The molecule has 0 aliphatic rings. The summed E-state index contributed by atoms with van der Waals surface area (Å²) in [5.74, 6) is 1.66. The molecule has 1 N–H and O–H groups in total. The maximum absolute atomic E-state index is 9.51. The van der Waals surface area contributed by atoms with Crippen LogP contribution in [0, 0.1) is 0 Å². The van der Waals surface area contributed by atoms with Crippen molar-refractivity contribution in [1.82, 2.24) is 0 Å². The molecule has 0 saturated heterocycles. The molecular weight excluding hydrogens is 200 g/mol. The molecule has 0 amide bonds. The topological polar surface area (TPSA) is 29.5 Å². The average molecular weight is 222 g/mol. The highest BCUT2D eigenvalue weighted by molar-refractivity contribution is 5.48. The molecule has 16 heavy (non-hydrogen) atoms.